The predicted molar refractivity (Wildman–Crippen MR) is 130 cm³/mol. The zero-order valence-electron chi connectivity index (χ0n) is 19.2. The zero-order valence-corrected chi connectivity index (χ0v) is 21.8. The molecule has 4 rings (SSSR count). The van der Waals surface area contributed by atoms with E-state index in [2.05, 4.69) is 86.0 Å². The molecule has 0 unspecified atom stereocenters. The molecule has 2 fully saturated rings. The Kier molecular flexibility index (Phi) is 5.64. The SMILES string of the molecule is CC(C)(C)[Si](C)(C)Oc1ccc2c(c1)CC[C@@H]1[C@@H]2CC[C@]2(C)[C@@H](C=CBr)CC[C@@H]12. The predicted octanol–water partition coefficient (Wildman–Crippen LogP) is 8.45. The number of hydrogen-bond acceptors (Lipinski definition) is 1. The van der Waals surface area contributed by atoms with E-state index in [1.807, 2.05) is 0 Å². The maximum Gasteiger partial charge on any atom is 0.250 e. The van der Waals surface area contributed by atoms with Crippen LogP contribution in [0.15, 0.2) is 29.3 Å². The second-order valence-electron chi connectivity index (χ2n) is 11.7. The Morgan fingerprint density at radius 1 is 1.14 bits per heavy atom. The fourth-order valence-electron chi connectivity index (χ4n) is 6.51. The monoisotopic (exact) mass is 474 g/mol. The van der Waals surface area contributed by atoms with Crippen LogP contribution in [-0.2, 0) is 6.42 Å². The summed E-state index contributed by atoms with van der Waals surface area (Å²) >= 11 is 3.54. The van der Waals surface area contributed by atoms with Gasteiger partial charge in [-0.3, -0.25) is 0 Å². The van der Waals surface area contributed by atoms with Crippen molar-refractivity contribution in [1.29, 1.82) is 0 Å². The molecule has 2 saturated carbocycles. The summed E-state index contributed by atoms with van der Waals surface area (Å²) in [6.45, 7) is 14.2. The number of hydrogen-bond donors (Lipinski definition) is 0. The highest BCUT2D eigenvalue weighted by atomic mass is 79.9. The lowest BCUT2D eigenvalue weighted by molar-refractivity contribution is 0.0410. The average Bonchev–Trinajstić information content (AvgIpc) is 2.97. The first kappa shape index (κ1) is 21.7. The summed E-state index contributed by atoms with van der Waals surface area (Å²) in [4.78, 5) is 2.11. The van der Waals surface area contributed by atoms with Crippen LogP contribution in [0.4, 0.5) is 0 Å². The number of halogens is 1. The molecule has 160 valence electrons. The van der Waals surface area contributed by atoms with Gasteiger partial charge in [-0.25, -0.2) is 0 Å². The fraction of sp³-hybridized carbons (Fsp3) is 0.692. The first-order chi connectivity index (χ1) is 13.6. The van der Waals surface area contributed by atoms with Gasteiger partial charge in [-0.15, -0.1) is 0 Å². The summed E-state index contributed by atoms with van der Waals surface area (Å²) in [7, 11) is -1.78. The van der Waals surface area contributed by atoms with Crippen molar-refractivity contribution < 1.29 is 4.43 Å². The van der Waals surface area contributed by atoms with Crippen LogP contribution in [0.25, 0.3) is 0 Å². The molecule has 0 N–H and O–H groups in total. The molecule has 1 aromatic carbocycles. The molecule has 0 amide bonds. The van der Waals surface area contributed by atoms with Crippen molar-refractivity contribution in [2.45, 2.75) is 90.3 Å². The van der Waals surface area contributed by atoms with Crippen LogP contribution in [0.1, 0.15) is 76.8 Å². The van der Waals surface area contributed by atoms with E-state index in [-0.39, 0.29) is 5.04 Å². The van der Waals surface area contributed by atoms with Crippen LogP contribution in [0, 0.1) is 23.2 Å². The van der Waals surface area contributed by atoms with Gasteiger partial charge in [0.1, 0.15) is 5.75 Å². The van der Waals surface area contributed by atoms with Crippen LogP contribution in [0.2, 0.25) is 18.1 Å². The maximum absolute atomic E-state index is 6.62. The van der Waals surface area contributed by atoms with Gasteiger partial charge < -0.3 is 4.43 Å². The highest BCUT2D eigenvalue weighted by Gasteiger charge is 2.53. The third-order valence-corrected chi connectivity index (χ3v) is 13.9. The second-order valence-corrected chi connectivity index (χ2v) is 16.9. The summed E-state index contributed by atoms with van der Waals surface area (Å²) in [5.41, 5.74) is 3.72. The quantitative estimate of drug-likeness (QED) is 0.399. The van der Waals surface area contributed by atoms with Crippen LogP contribution in [0.3, 0.4) is 0 Å². The standard InChI is InChI=1S/C26H39BrOSi/c1-25(2,3)29(5,6)28-20-9-11-21-18(17-20)7-10-23-22(21)13-15-26(4)19(14-16-27)8-12-24(23)26/h9,11,14,16-17,19,22-24H,7-8,10,12-13,15H2,1-6H3/t19-,22-,23-,24+,26-/m1/s1. The third-order valence-electron chi connectivity index (χ3n) is 9.26. The minimum absolute atomic E-state index is 0.240. The van der Waals surface area contributed by atoms with Crippen molar-refractivity contribution in [3.05, 3.63) is 40.4 Å². The van der Waals surface area contributed by atoms with Crippen molar-refractivity contribution in [3.63, 3.8) is 0 Å². The minimum atomic E-state index is -1.78. The number of rotatable bonds is 3. The first-order valence-corrected chi connectivity index (χ1v) is 15.5. The number of fused-ring (bicyclic) bond motifs is 5. The van der Waals surface area contributed by atoms with E-state index in [1.54, 1.807) is 11.1 Å². The Morgan fingerprint density at radius 3 is 2.59 bits per heavy atom. The van der Waals surface area contributed by atoms with Crippen LogP contribution < -0.4 is 4.43 Å². The Morgan fingerprint density at radius 2 is 1.90 bits per heavy atom. The average molecular weight is 476 g/mol. The van der Waals surface area contributed by atoms with E-state index in [1.165, 1.54) is 38.5 Å². The summed E-state index contributed by atoms with van der Waals surface area (Å²) in [6, 6.07) is 7.10. The Balaban J connectivity index is 1.57. The molecule has 3 aliphatic rings. The molecule has 0 radical (unpaired) electrons. The van der Waals surface area contributed by atoms with Gasteiger partial charge in [0.2, 0.25) is 8.32 Å². The lowest BCUT2D eigenvalue weighted by Gasteiger charge is -2.50. The van der Waals surface area contributed by atoms with E-state index in [0.29, 0.717) is 5.41 Å². The molecule has 1 aromatic rings. The van der Waals surface area contributed by atoms with Crippen molar-refractivity contribution >= 4 is 24.2 Å². The molecule has 0 bridgehead atoms. The Hall–Kier alpha value is -0.543. The number of aryl methyl sites for hydroxylation is 1. The van der Waals surface area contributed by atoms with Crippen LogP contribution in [-0.4, -0.2) is 8.32 Å². The van der Waals surface area contributed by atoms with E-state index in [0.717, 1.165) is 29.4 Å². The maximum atomic E-state index is 6.62. The van der Waals surface area contributed by atoms with E-state index >= 15 is 0 Å². The summed E-state index contributed by atoms with van der Waals surface area (Å²) < 4.78 is 6.62. The van der Waals surface area contributed by atoms with E-state index in [9.17, 15) is 0 Å². The third kappa shape index (κ3) is 3.69. The molecule has 3 heteroatoms. The summed E-state index contributed by atoms with van der Waals surface area (Å²) in [5.74, 6) is 4.41. The van der Waals surface area contributed by atoms with Gasteiger partial charge in [0, 0.05) is 0 Å². The summed E-state index contributed by atoms with van der Waals surface area (Å²) in [5, 5.41) is 0.240. The lowest BCUT2D eigenvalue weighted by Crippen LogP contribution is -2.44. The van der Waals surface area contributed by atoms with Gasteiger partial charge in [0.15, 0.2) is 0 Å². The van der Waals surface area contributed by atoms with Gasteiger partial charge in [-0.05, 0) is 114 Å². The molecule has 3 aliphatic carbocycles. The largest absolute Gasteiger partial charge is 0.543 e. The van der Waals surface area contributed by atoms with Crippen molar-refractivity contribution in [2.75, 3.05) is 0 Å². The number of benzene rings is 1. The topological polar surface area (TPSA) is 9.23 Å². The molecule has 1 nitrogen and oxygen atoms in total. The number of allylic oxidation sites excluding steroid dienone is 1. The van der Waals surface area contributed by atoms with Gasteiger partial charge in [0.05, 0.1) is 0 Å². The Bertz CT molecular complexity index is 792. The smallest absolute Gasteiger partial charge is 0.250 e. The van der Waals surface area contributed by atoms with Gasteiger partial charge in [0.25, 0.3) is 0 Å². The van der Waals surface area contributed by atoms with E-state index in [4.69, 9.17) is 4.43 Å². The fourth-order valence-corrected chi connectivity index (χ4v) is 7.91. The molecule has 0 aliphatic heterocycles. The summed E-state index contributed by atoms with van der Waals surface area (Å²) in [6.07, 6.45) is 10.6. The van der Waals surface area contributed by atoms with Crippen molar-refractivity contribution in [2.24, 2.45) is 23.2 Å². The first-order valence-electron chi connectivity index (χ1n) is 11.7. The van der Waals surface area contributed by atoms with E-state index < -0.39 is 8.32 Å². The molecule has 0 spiro atoms. The van der Waals surface area contributed by atoms with Gasteiger partial charge in [-0.2, -0.15) is 0 Å². The Labute approximate surface area is 188 Å². The second kappa shape index (κ2) is 7.55. The lowest BCUT2D eigenvalue weighted by atomic mass is 9.54. The molecular weight excluding hydrogens is 436 g/mol. The molecule has 0 saturated heterocycles. The molecule has 0 aromatic heterocycles. The van der Waals surface area contributed by atoms with Gasteiger partial charge in [-0.1, -0.05) is 55.8 Å². The highest BCUT2D eigenvalue weighted by Crippen LogP contribution is 2.63. The van der Waals surface area contributed by atoms with Crippen molar-refractivity contribution in [1.82, 2.24) is 0 Å². The zero-order chi connectivity index (χ0) is 21.0. The minimum Gasteiger partial charge on any atom is -0.543 e. The molecule has 0 heterocycles. The molecule has 29 heavy (non-hydrogen) atoms. The van der Waals surface area contributed by atoms with Crippen molar-refractivity contribution in [3.8, 4) is 5.75 Å². The highest BCUT2D eigenvalue weighted by molar-refractivity contribution is 9.11. The van der Waals surface area contributed by atoms with Crippen LogP contribution >= 0.6 is 15.9 Å². The molecule has 5 atom stereocenters. The van der Waals surface area contributed by atoms with Crippen LogP contribution in [0.5, 0.6) is 5.75 Å². The molecular formula is C26H39BrOSi. The normalized spacial score (nSPS) is 34.6. The van der Waals surface area contributed by atoms with Gasteiger partial charge >= 0.3 is 0 Å².